The summed E-state index contributed by atoms with van der Waals surface area (Å²) in [5, 5.41) is 0. The van der Waals surface area contributed by atoms with Gasteiger partial charge in [-0.3, -0.25) is 0 Å². The number of carbonyl (C=O) groups is 1. The molecule has 2 aromatic heterocycles. The average molecular weight is 364 g/mol. The molecule has 26 heavy (non-hydrogen) atoms. The van der Waals surface area contributed by atoms with Crippen molar-refractivity contribution in [3.63, 3.8) is 0 Å². The largest absolute Gasteiger partial charge is 0.418 e. The number of fused-ring (bicyclic) bond motifs is 1. The van der Waals surface area contributed by atoms with Gasteiger partial charge in [0.2, 0.25) is 11.6 Å². The molecule has 0 atom stereocenters. The second-order valence-corrected chi connectivity index (χ2v) is 5.69. The Balaban J connectivity index is 0.000000352. The number of halogens is 3. The van der Waals surface area contributed by atoms with Crippen molar-refractivity contribution in [2.45, 2.75) is 39.3 Å². The summed E-state index contributed by atoms with van der Waals surface area (Å²) in [6.07, 6.45) is 0.167. The molecular formula is C19H19F3N2O2. The van der Waals surface area contributed by atoms with Crippen LogP contribution in [-0.4, -0.2) is 16.3 Å². The van der Waals surface area contributed by atoms with E-state index in [2.05, 4.69) is 16.9 Å². The Morgan fingerprint density at radius 3 is 2.54 bits per heavy atom. The highest BCUT2D eigenvalue weighted by Crippen LogP contribution is 2.32. The molecular weight excluding hydrogens is 345 g/mol. The van der Waals surface area contributed by atoms with Gasteiger partial charge in [-0.1, -0.05) is 31.5 Å². The van der Waals surface area contributed by atoms with Crippen molar-refractivity contribution in [2.24, 2.45) is 0 Å². The number of oxazole rings is 1. The van der Waals surface area contributed by atoms with Gasteiger partial charge in [-0.05, 0) is 31.0 Å². The van der Waals surface area contributed by atoms with Crippen LogP contribution in [0, 0.1) is 6.92 Å². The molecule has 0 aliphatic heterocycles. The van der Waals surface area contributed by atoms with Crippen LogP contribution >= 0.6 is 0 Å². The van der Waals surface area contributed by atoms with Crippen LogP contribution < -0.4 is 0 Å². The number of carbonyl (C=O) groups excluding carboxylic acids is 1. The Morgan fingerprint density at radius 2 is 1.96 bits per heavy atom. The first-order valence-electron chi connectivity index (χ1n) is 8.20. The molecule has 7 heteroatoms. The first-order valence-corrected chi connectivity index (χ1v) is 8.20. The van der Waals surface area contributed by atoms with E-state index in [1.807, 2.05) is 25.1 Å². The minimum Gasteiger partial charge on any atom is -0.418 e. The third kappa shape index (κ3) is 4.91. The molecule has 0 saturated heterocycles. The van der Waals surface area contributed by atoms with Gasteiger partial charge < -0.3 is 9.21 Å². The van der Waals surface area contributed by atoms with Gasteiger partial charge in [-0.15, -0.1) is 0 Å². The third-order valence-electron chi connectivity index (χ3n) is 3.63. The van der Waals surface area contributed by atoms with Gasteiger partial charge >= 0.3 is 6.18 Å². The van der Waals surface area contributed by atoms with E-state index in [4.69, 9.17) is 4.42 Å². The highest BCUT2D eigenvalue weighted by Gasteiger charge is 2.31. The summed E-state index contributed by atoms with van der Waals surface area (Å²) in [6, 6.07) is 8.28. The third-order valence-corrected chi connectivity index (χ3v) is 3.63. The smallest absolute Gasteiger partial charge is 0.417 e. The lowest BCUT2D eigenvalue weighted by molar-refractivity contribution is -0.137. The fourth-order valence-electron chi connectivity index (χ4n) is 2.19. The van der Waals surface area contributed by atoms with Crippen LogP contribution in [0.25, 0.3) is 22.7 Å². The number of aromatic nitrogens is 2. The van der Waals surface area contributed by atoms with Crippen LogP contribution in [0.4, 0.5) is 13.2 Å². The molecule has 0 spiro atoms. The molecule has 0 bridgehead atoms. The zero-order valence-corrected chi connectivity index (χ0v) is 14.5. The SMILES string of the molecule is CCCCC=O.Cc1ccccc1-c1nc2cc(C(F)(F)F)cnc2o1. The maximum Gasteiger partial charge on any atom is 0.417 e. The van der Waals surface area contributed by atoms with Gasteiger partial charge in [0.15, 0.2) is 0 Å². The molecule has 0 radical (unpaired) electrons. The number of aryl methyl sites for hydroxylation is 1. The highest BCUT2D eigenvalue weighted by molar-refractivity contribution is 5.74. The second kappa shape index (κ2) is 8.60. The summed E-state index contributed by atoms with van der Waals surface area (Å²) in [4.78, 5) is 17.3. The van der Waals surface area contributed by atoms with E-state index in [1.165, 1.54) is 0 Å². The summed E-state index contributed by atoms with van der Waals surface area (Å²) < 4.78 is 43.2. The Morgan fingerprint density at radius 1 is 1.23 bits per heavy atom. The molecule has 0 fully saturated rings. The van der Waals surface area contributed by atoms with E-state index >= 15 is 0 Å². The molecule has 0 amide bonds. The predicted octanol–water partition coefficient (Wildman–Crippen LogP) is 5.59. The van der Waals surface area contributed by atoms with E-state index in [0.717, 1.165) is 48.9 Å². The van der Waals surface area contributed by atoms with E-state index in [1.54, 1.807) is 6.07 Å². The van der Waals surface area contributed by atoms with Crippen molar-refractivity contribution in [3.8, 4) is 11.5 Å². The highest BCUT2D eigenvalue weighted by atomic mass is 19.4. The van der Waals surface area contributed by atoms with Gasteiger partial charge in [0, 0.05) is 18.2 Å². The first kappa shape index (κ1) is 19.6. The van der Waals surface area contributed by atoms with Gasteiger partial charge in [-0.25, -0.2) is 9.97 Å². The maximum absolute atomic E-state index is 12.6. The normalized spacial score (nSPS) is 11.1. The molecule has 0 aliphatic rings. The predicted molar refractivity (Wildman–Crippen MR) is 92.6 cm³/mol. The number of aldehydes is 1. The van der Waals surface area contributed by atoms with Crippen LogP contribution in [0.2, 0.25) is 0 Å². The van der Waals surface area contributed by atoms with Gasteiger partial charge in [0.05, 0.1) is 5.56 Å². The van der Waals surface area contributed by atoms with Crippen LogP contribution in [0.3, 0.4) is 0 Å². The molecule has 3 rings (SSSR count). The van der Waals surface area contributed by atoms with E-state index in [9.17, 15) is 18.0 Å². The number of unbranched alkanes of at least 4 members (excludes halogenated alkanes) is 2. The Bertz CT molecular complexity index is 873. The van der Waals surface area contributed by atoms with Crippen molar-refractivity contribution in [2.75, 3.05) is 0 Å². The number of alkyl halides is 3. The van der Waals surface area contributed by atoms with Crippen molar-refractivity contribution in [1.82, 2.24) is 9.97 Å². The molecule has 1 aromatic carbocycles. The minimum absolute atomic E-state index is 0.0938. The maximum atomic E-state index is 12.6. The quantitative estimate of drug-likeness (QED) is 0.447. The summed E-state index contributed by atoms with van der Waals surface area (Å²) in [5.41, 5.74) is 1.01. The Hall–Kier alpha value is -2.70. The van der Waals surface area contributed by atoms with Gasteiger partial charge in [0.25, 0.3) is 0 Å². The van der Waals surface area contributed by atoms with Crippen LogP contribution in [0.1, 0.15) is 37.3 Å². The Labute approximate surface area is 149 Å². The van der Waals surface area contributed by atoms with E-state index in [-0.39, 0.29) is 17.1 Å². The average Bonchev–Trinajstić information content (AvgIpc) is 3.03. The minimum atomic E-state index is -4.44. The molecule has 0 unspecified atom stereocenters. The van der Waals surface area contributed by atoms with Gasteiger partial charge in [-0.2, -0.15) is 13.2 Å². The fraction of sp³-hybridized carbons (Fsp3) is 0.316. The molecule has 0 N–H and O–H groups in total. The summed E-state index contributed by atoms with van der Waals surface area (Å²) in [5.74, 6) is 0.268. The Kier molecular flexibility index (Phi) is 6.49. The standard InChI is InChI=1S/C14H9F3N2O.C5H10O/c1-8-4-2-3-5-10(8)12-19-11-6-9(14(15,16)17)7-18-13(11)20-12;1-2-3-4-5-6/h2-7H,1H3;5H,2-4H2,1H3. The van der Waals surface area contributed by atoms with E-state index in [0.29, 0.717) is 0 Å². The number of hydrogen-bond acceptors (Lipinski definition) is 4. The number of benzene rings is 1. The monoisotopic (exact) mass is 364 g/mol. The summed E-state index contributed by atoms with van der Waals surface area (Å²) in [7, 11) is 0. The molecule has 0 saturated carbocycles. The number of rotatable bonds is 4. The fourth-order valence-corrected chi connectivity index (χ4v) is 2.19. The zero-order chi connectivity index (χ0) is 19.2. The first-order chi connectivity index (χ1) is 12.4. The van der Waals surface area contributed by atoms with Crippen molar-refractivity contribution >= 4 is 17.5 Å². The van der Waals surface area contributed by atoms with Crippen molar-refractivity contribution < 1.29 is 22.4 Å². The summed E-state index contributed by atoms with van der Waals surface area (Å²) >= 11 is 0. The number of pyridine rings is 1. The van der Waals surface area contributed by atoms with Crippen molar-refractivity contribution in [3.05, 3.63) is 47.7 Å². The molecule has 4 nitrogen and oxygen atoms in total. The number of nitrogens with zero attached hydrogens (tertiary/aromatic N) is 2. The van der Waals surface area contributed by atoms with Crippen molar-refractivity contribution in [1.29, 1.82) is 0 Å². The topological polar surface area (TPSA) is 56.0 Å². The zero-order valence-electron chi connectivity index (χ0n) is 14.5. The van der Waals surface area contributed by atoms with Crippen LogP contribution in [0.15, 0.2) is 40.9 Å². The molecule has 0 aliphatic carbocycles. The molecule has 138 valence electrons. The second-order valence-electron chi connectivity index (χ2n) is 5.69. The number of hydrogen-bond donors (Lipinski definition) is 0. The van der Waals surface area contributed by atoms with Crippen LogP contribution in [-0.2, 0) is 11.0 Å². The lowest BCUT2D eigenvalue weighted by atomic mass is 10.1. The molecule has 3 aromatic rings. The van der Waals surface area contributed by atoms with Gasteiger partial charge in [0.1, 0.15) is 11.8 Å². The lowest BCUT2D eigenvalue weighted by Gasteiger charge is -2.03. The van der Waals surface area contributed by atoms with E-state index < -0.39 is 11.7 Å². The molecule has 2 heterocycles. The van der Waals surface area contributed by atoms with Crippen LogP contribution in [0.5, 0.6) is 0 Å². The lowest BCUT2D eigenvalue weighted by Crippen LogP contribution is -2.04. The summed E-state index contributed by atoms with van der Waals surface area (Å²) in [6.45, 7) is 3.95.